The SMILES string of the molecule is COc1ccc2c(Nc3c(Cl)cncc3Cl)cc(=O)oc2c1OCC=CCO. The Morgan fingerprint density at radius 3 is 2.68 bits per heavy atom. The number of ether oxygens (including phenoxy) is 2. The zero-order valence-corrected chi connectivity index (χ0v) is 16.3. The van der Waals surface area contributed by atoms with E-state index in [2.05, 4.69) is 10.3 Å². The van der Waals surface area contributed by atoms with Crippen molar-refractivity contribution in [1.29, 1.82) is 0 Å². The Morgan fingerprint density at radius 2 is 2.00 bits per heavy atom. The Balaban J connectivity index is 2.12. The van der Waals surface area contributed by atoms with Crippen LogP contribution in [0.2, 0.25) is 10.0 Å². The predicted molar refractivity (Wildman–Crippen MR) is 108 cm³/mol. The van der Waals surface area contributed by atoms with Crippen LogP contribution in [0.25, 0.3) is 11.0 Å². The van der Waals surface area contributed by atoms with Crippen molar-refractivity contribution in [3.05, 3.63) is 63.2 Å². The minimum atomic E-state index is -0.597. The fourth-order valence-corrected chi connectivity index (χ4v) is 2.98. The number of hydrogen-bond donors (Lipinski definition) is 2. The van der Waals surface area contributed by atoms with Crippen LogP contribution in [0.3, 0.4) is 0 Å². The molecule has 0 saturated carbocycles. The van der Waals surface area contributed by atoms with Gasteiger partial charge in [0, 0.05) is 23.8 Å². The van der Waals surface area contributed by atoms with Crippen LogP contribution in [0.4, 0.5) is 11.4 Å². The van der Waals surface area contributed by atoms with Gasteiger partial charge in [0.2, 0.25) is 5.75 Å². The number of aliphatic hydroxyl groups is 1. The highest BCUT2D eigenvalue weighted by molar-refractivity contribution is 6.39. The van der Waals surface area contributed by atoms with Crippen molar-refractivity contribution in [2.75, 3.05) is 25.6 Å². The van der Waals surface area contributed by atoms with E-state index in [1.54, 1.807) is 18.2 Å². The number of aliphatic hydroxyl groups excluding tert-OH is 1. The summed E-state index contributed by atoms with van der Waals surface area (Å²) in [4.78, 5) is 16.1. The maximum absolute atomic E-state index is 12.2. The number of benzene rings is 1. The number of nitrogens with zero attached hydrogens (tertiary/aromatic N) is 1. The zero-order valence-electron chi connectivity index (χ0n) is 14.7. The summed E-state index contributed by atoms with van der Waals surface area (Å²) in [5.74, 6) is 0.653. The lowest BCUT2D eigenvalue weighted by molar-refractivity contribution is 0.319. The lowest BCUT2D eigenvalue weighted by Gasteiger charge is -2.15. The first kappa shape index (κ1) is 20.0. The van der Waals surface area contributed by atoms with Crippen molar-refractivity contribution in [2.24, 2.45) is 0 Å². The third kappa shape index (κ3) is 4.22. The predicted octanol–water partition coefficient (Wildman–Crippen LogP) is 4.17. The maximum atomic E-state index is 12.2. The number of aromatic nitrogens is 1. The van der Waals surface area contributed by atoms with Gasteiger partial charge in [0.1, 0.15) is 6.61 Å². The molecule has 28 heavy (non-hydrogen) atoms. The van der Waals surface area contributed by atoms with Crippen molar-refractivity contribution in [1.82, 2.24) is 4.98 Å². The smallest absolute Gasteiger partial charge is 0.338 e. The van der Waals surface area contributed by atoms with Gasteiger partial charge in [0.15, 0.2) is 11.3 Å². The molecule has 0 spiro atoms. The Bertz CT molecular complexity index is 1060. The molecule has 0 unspecified atom stereocenters. The molecule has 0 aliphatic heterocycles. The van der Waals surface area contributed by atoms with E-state index < -0.39 is 5.63 Å². The normalized spacial score (nSPS) is 11.1. The van der Waals surface area contributed by atoms with E-state index in [1.165, 1.54) is 31.6 Å². The van der Waals surface area contributed by atoms with Gasteiger partial charge in [-0.15, -0.1) is 0 Å². The van der Waals surface area contributed by atoms with E-state index in [9.17, 15) is 4.79 Å². The van der Waals surface area contributed by atoms with Crippen molar-refractivity contribution in [3.8, 4) is 11.5 Å². The molecule has 0 bridgehead atoms. The quantitative estimate of drug-likeness (QED) is 0.435. The Labute approximate surface area is 170 Å². The summed E-state index contributed by atoms with van der Waals surface area (Å²) in [6, 6.07) is 4.70. The average Bonchev–Trinajstić information content (AvgIpc) is 2.68. The molecular formula is C19H16Cl2N2O5. The third-order valence-electron chi connectivity index (χ3n) is 3.76. The van der Waals surface area contributed by atoms with Crippen LogP contribution in [0.15, 0.2) is 52.0 Å². The summed E-state index contributed by atoms with van der Waals surface area (Å²) in [5.41, 5.74) is 0.447. The highest BCUT2D eigenvalue weighted by Gasteiger charge is 2.17. The first-order valence-electron chi connectivity index (χ1n) is 8.14. The van der Waals surface area contributed by atoms with E-state index in [0.29, 0.717) is 32.6 Å². The van der Waals surface area contributed by atoms with Crippen molar-refractivity contribution < 1.29 is 19.0 Å². The van der Waals surface area contributed by atoms with Gasteiger partial charge >= 0.3 is 5.63 Å². The Hall–Kier alpha value is -2.74. The van der Waals surface area contributed by atoms with Gasteiger partial charge < -0.3 is 24.3 Å². The maximum Gasteiger partial charge on any atom is 0.338 e. The van der Waals surface area contributed by atoms with Crippen LogP contribution in [0, 0.1) is 0 Å². The van der Waals surface area contributed by atoms with E-state index >= 15 is 0 Å². The molecule has 0 aliphatic rings. The molecule has 2 aromatic heterocycles. The summed E-state index contributed by atoms with van der Waals surface area (Å²) in [6.45, 7) is 0.0477. The van der Waals surface area contributed by atoms with Gasteiger partial charge in [-0.1, -0.05) is 29.3 Å². The number of nitrogens with one attached hydrogen (secondary N) is 1. The van der Waals surface area contributed by atoms with E-state index in [1.807, 2.05) is 0 Å². The Kier molecular flexibility index (Phi) is 6.41. The molecular weight excluding hydrogens is 407 g/mol. The monoisotopic (exact) mass is 422 g/mol. The summed E-state index contributed by atoms with van der Waals surface area (Å²) >= 11 is 12.3. The number of rotatable bonds is 7. The van der Waals surface area contributed by atoms with Gasteiger partial charge in [-0.2, -0.15) is 0 Å². The fraction of sp³-hybridized carbons (Fsp3) is 0.158. The topological polar surface area (TPSA) is 93.8 Å². The minimum absolute atomic E-state index is 0.105. The summed E-state index contributed by atoms with van der Waals surface area (Å²) in [7, 11) is 1.48. The van der Waals surface area contributed by atoms with Gasteiger partial charge in [-0.05, 0) is 18.2 Å². The van der Waals surface area contributed by atoms with Crippen LogP contribution in [0.1, 0.15) is 0 Å². The standard InChI is InChI=1S/C19H16Cl2N2O5/c1-26-15-5-4-11-14(23-17-12(20)9-22-10-13(17)21)8-16(25)28-18(11)19(15)27-7-3-2-6-24/h2-5,8-10,24H,6-7H2,1H3,(H,22,23). The van der Waals surface area contributed by atoms with Gasteiger partial charge in [-0.3, -0.25) is 4.98 Å². The Morgan fingerprint density at radius 1 is 1.25 bits per heavy atom. The lowest BCUT2D eigenvalue weighted by Crippen LogP contribution is -2.04. The van der Waals surface area contributed by atoms with E-state index in [-0.39, 0.29) is 24.5 Å². The van der Waals surface area contributed by atoms with Crippen molar-refractivity contribution in [3.63, 3.8) is 0 Å². The van der Waals surface area contributed by atoms with Crippen LogP contribution in [0.5, 0.6) is 11.5 Å². The molecule has 3 aromatic rings. The zero-order chi connectivity index (χ0) is 20.1. The van der Waals surface area contributed by atoms with E-state index in [4.69, 9.17) is 42.2 Å². The molecule has 3 rings (SSSR count). The highest BCUT2D eigenvalue weighted by atomic mass is 35.5. The molecule has 0 atom stereocenters. The summed E-state index contributed by atoms with van der Waals surface area (Å²) in [5, 5.41) is 13.0. The number of pyridine rings is 1. The third-order valence-corrected chi connectivity index (χ3v) is 4.33. The molecule has 0 radical (unpaired) electrons. The molecule has 0 amide bonds. The molecule has 2 heterocycles. The average molecular weight is 423 g/mol. The van der Waals surface area contributed by atoms with Gasteiger partial charge in [-0.25, -0.2) is 4.79 Å². The van der Waals surface area contributed by atoms with Gasteiger partial charge in [0.25, 0.3) is 0 Å². The van der Waals surface area contributed by atoms with Crippen LogP contribution in [-0.2, 0) is 0 Å². The highest BCUT2D eigenvalue weighted by Crippen LogP contribution is 2.39. The number of halogens is 2. The second-order valence-corrected chi connectivity index (χ2v) is 6.34. The molecule has 0 aliphatic carbocycles. The summed E-state index contributed by atoms with van der Waals surface area (Å²) in [6.07, 6.45) is 6.05. The summed E-state index contributed by atoms with van der Waals surface area (Å²) < 4.78 is 16.4. The van der Waals surface area contributed by atoms with E-state index in [0.717, 1.165) is 0 Å². The first-order valence-corrected chi connectivity index (χ1v) is 8.90. The van der Waals surface area contributed by atoms with Crippen molar-refractivity contribution in [2.45, 2.75) is 0 Å². The molecule has 146 valence electrons. The molecule has 7 nitrogen and oxygen atoms in total. The van der Waals surface area contributed by atoms with Crippen molar-refractivity contribution >= 4 is 45.5 Å². The number of fused-ring (bicyclic) bond motifs is 1. The molecule has 0 saturated heterocycles. The number of methoxy groups -OCH3 is 1. The van der Waals surface area contributed by atoms with Crippen LogP contribution >= 0.6 is 23.2 Å². The molecule has 2 N–H and O–H groups in total. The number of anilines is 2. The second-order valence-electron chi connectivity index (χ2n) is 5.52. The number of hydrogen-bond acceptors (Lipinski definition) is 7. The molecule has 0 fully saturated rings. The first-order chi connectivity index (χ1) is 13.5. The van der Waals surface area contributed by atoms with Crippen LogP contribution in [-0.4, -0.2) is 30.4 Å². The molecule has 9 heteroatoms. The van der Waals surface area contributed by atoms with Crippen LogP contribution < -0.4 is 20.4 Å². The second kappa shape index (κ2) is 8.97. The largest absolute Gasteiger partial charge is 0.493 e. The fourth-order valence-electron chi connectivity index (χ4n) is 2.52. The molecule has 1 aromatic carbocycles. The van der Waals surface area contributed by atoms with Gasteiger partial charge in [0.05, 0.1) is 35.1 Å². The minimum Gasteiger partial charge on any atom is -0.493 e. The lowest BCUT2D eigenvalue weighted by atomic mass is 10.1.